The Hall–Kier alpha value is -0.120. The van der Waals surface area contributed by atoms with Crippen molar-refractivity contribution in [3.63, 3.8) is 0 Å². The second-order valence-corrected chi connectivity index (χ2v) is 6.57. The first kappa shape index (κ1) is 14.3. The number of nitrogens with two attached hydrogens (primary N) is 1. The van der Waals surface area contributed by atoms with Crippen LogP contribution in [0.2, 0.25) is 0 Å². The Morgan fingerprint density at radius 2 is 2.00 bits per heavy atom. The summed E-state index contributed by atoms with van der Waals surface area (Å²) in [6.07, 6.45) is 7.77. The normalized spacial score (nSPS) is 38.0. The van der Waals surface area contributed by atoms with Gasteiger partial charge in [0.15, 0.2) is 0 Å². The maximum atomic E-state index is 6.12. The van der Waals surface area contributed by atoms with Crippen LogP contribution in [0.25, 0.3) is 0 Å². The fourth-order valence-electron chi connectivity index (χ4n) is 3.57. The molecule has 1 heterocycles. The quantitative estimate of drug-likeness (QED) is 0.836. The summed E-state index contributed by atoms with van der Waals surface area (Å²) < 4.78 is 5.60. The van der Waals surface area contributed by atoms with E-state index in [0.29, 0.717) is 5.92 Å². The predicted molar refractivity (Wildman–Crippen MR) is 75.6 cm³/mol. The van der Waals surface area contributed by atoms with Gasteiger partial charge in [-0.25, -0.2) is 0 Å². The van der Waals surface area contributed by atoms with Crippen LogP contribution in [0.3, 0.4) is 0 Å². The highest BCUT2D eigenvalue weighted by Gasteiger charge is 2.37. The molecule has 0 aromatic rings. The molecule has 3 nitrogen and oxygen atoms in total. The monoisotopic (exact) mass is 254 g/mol. The molecule has 2 N–H and O–H groups in total. The summed E-state index contributed by atoms with van der Waals surface area (Å²) in [4.78, 5) is 2.55. The van der Waals surface area contributed by atoms with Crippen molar-refractivity contribution >= 4 is 0 Å². The van der Waals surface area contributed by atoms with Crippen LogP contribution in [-0.4, -0.2) is 43.8 Å². The molecule has 1 saturated carbocycles. The largest absolute Gasteiger partial charge is 0.381 e. The summed E-state index contributed by atoms with van der Waals surface area (Å²) in [5.41, 5.74) is 6.38. The Labute approximate surface area is 112 Å². The second-order valence-electron chi connectivity index (χ2n) is 6.57. The number of ether oxygens (including phenoxy) is 1. The van der Waals surface area contributed by atoms with E-state index in [2.05, 4.69) is 18.9 Å². The zero-order valence-corrected chi connectivity index (χ0v) is 12.2. The van der Waals surface area contributed by atoms with Crippen molar-refractivity contribution in [3.8, 4) is 0 Å². The van der Waals surface area contributed by atoms with Crippen molar-refractivity contribution < 1.29 is 4.74 Å². The van der Waals surface area contributed by atoms with Crippen LogP contribution in [0.5, 0.6) is 0 Å². The molecule has 2 fully saturated rings. The Morgan fingerprint density at radius 1 is 1.28 bits per heavy atom. The van der Waals surface area contributed by atoms with E-state index in [1.165, 1.54) is 38.5 Å². The predicted octanol–water partition coefficient (Wildman–Crippen LogP) is 2.25. The molecule has 3 heteroatoms. The molecule has 106 valence electrons. The standard InChI is InChI=1S/C15H30N2O/c1-13-5-7-15(12-16,8-6-13)17(2)10-14-4-3-9-18-11-14/h13-14H,3-12,16H2,1-2H3. The molecule has 18 heavy (non-hydrogen) atoms. The molecule has 0 aromatic heterocycles. The molecule has 0 aromatic carbocycles. The van der Waals surface area contributed by atoms with Gasteiger partial charge in [-0.15, -0.1) is 0 Å². The average Bonchev–Trinajstić information content (AvgIpc) is 2.41. The van der Waals surface area contributed by atoms with Crippen LogP contribution in [-0.2, 0) is 4.74 Å². The van der Waals surface area contributed by atoms with E-state index in [9.17, 15) is 0 Å². The first-order valence-corrected chi connectivity index (χ1v) is 7.65. The molecule has 2 rings (SSSR count). The van der Waals surface area contributed by atoms with E-state index in [1.54, 1.807) is 0 Å². The number of likely N-dealkylation sites (N-methyl/N-ethyl adjacent to an activating group) is 1. The van der Waals surface area contributed by atoms with E-state index >= 15 is 0 Å². The molecule has 0 radical (unpaired) electrons. The lowest BCUT2D eigenvalue weighted by Crippen LogP contribution is -2.55. The smallest absolute Gasteiger partial charge is 0.0506 e. The van der Waals surface area contributed by atoms with Crippen molar-refractivity contribution in [2.75, 3.05) is 33.4 Å². The van der Waals surface area contributed by atoms with E-state index in [-0.39, 0.29) is 5.54 Å². The Bertz CT molecular complexity index is 243. The van der Waals surface area contributed by atoms with Crippen LogP contribution in [0.4, 0.5) is 0 Å². The number of hydrogen-bond acceptors (Lipinski definition) is 3. The number of rotatable bonds is 4. The SMILES string of the molecule is CC1CCC(CN)(N(C)CC2CCCOC2)CC1. The lowest BCUT2D eigenvalue weighted by atomic mass is 9.76. The van der Waals surface area contributed by atoms with Gasteiger partial charge < -0.3 is 10.5 Å². The van der Waals surface area contributed by atoms with E-state index in [1.807, 2.05) is 0 Å². The summed E-state index contributed by atoms with van der Waals surface area (Å²) in [6.45, 7) is 6.24. The molecule has 1 aliphatic carbocycles. The summed E-state index contributed by atoms with van der Waals surface area (Å²) in [5.74, 6) is 1.60. The van der Waals surface area contributed by atoms with Crippen LogP contribution >= 0.6 is 0 Å². The summed E-state index contributed by atoms with van der Waals surface area (Å²) in [6, 6.07) is 0. The van der Waals surface area contributed by atoms with Gasteiger partial charge in [0.05, 0.1) is 6.61 Å². The maximum Gasteiger partial charge on any atom is 0.0506 e. The summed E-state index contributed by atoms with van der Waals surface area (Å²) >= 11 is 0. The van der Waals surface area contributed by atoms with Gasteiger partial charge in [-0.2, -0.15) is 0 Å². The van der Waals surface area contributed by atoms with Gasteiger partial charge in [-0.1, -0.05) is 6.92 Å². The van der Waals surface area contributed by atoms with Gasteiger partial charge in [0, 0.05) is 25.2 Å². The zero-order chi connectivity index (χ0) is 13.0. The lowest BCUT2D eigenvalue weighted by Gasteiger charge is -2.47. The maximum absolute atomic E-state index is 6.12. The van der Waals surface area contributed by atoms with E-state index in [4.69, 9.17) is 10.5 Å². The highest BCUT2D eigenvalue weighted by Crippen LogP contribution is 2.35. The minimum atomic E-state index is 0.268. The minimum absolute atomic E-state index is 0.268. The number of nitrogens with zero attached hydrogens (tertiary/aromatic N) is 1. The van der Waals surface area contributed by atoms with Gasteiger partial charge in [0.2, 0.25) is 0 Å². The van der Waals surface area contributed by atoms with Gasteiger partial charge in [0.1, 0.15) is 0 Å². The molecule has 0 spiro atoms. The van der Waals surface area contributed by atoms with Crippen molar-refractivity contribution in [1.82, 2.24) is 4.90 Å². The lowest BCUT2D eigenvalue weighted by molar-refractivity contribution is 0.00604. The van der Waals surface area contributed by atoms with Crippen LogP contribution in [0.1, 0.15) is 45.4 Å². The molecule has 0 bridgehead atoms. The molecule has 1 saturated heterocycles. The Balaban J connectivity index is 1.90. The second kappa shape index (κ2) is 6.36. The average molecular weight is 254 g/mol. The van der Waals surface area contributed by atoms with Crippen molar-refractivity contribution in [2.45, 2.75) is 51.0 Å². The molecular weight excluding hydrogens is 224 g/mol. The van der Waals surface area contributed by atoms with Crippen LogP contribution < -0.4 is 5.73 Å². The first-order chi connectivity index (χ1) is 8.66. The highest BCUT2D eigenvalue weighted by molar-refractivity contribution is 4.94. The fourth-order valence-corrected chi connectivity index (χ4v) is 3.57. The molecule has 1 atom stereocenters. The summed E-state index contributed by atoms with van der Waals surface area (Å²) in [5, 5.41) is 0. The van der Waals surface area contributed by atoms with Crippen LogP contribution in [0, 0.1) is 11.8 Å². The minimum Gasteiger partial charge on any atom is -0.381 e. The van der Waals surface area contributed by atoms with Gasteiger partial charge in [-0.05, 0) is 57.4 Å². The van der Waals surface area contributed by atoms with Crippen molar-refractivity contribution in [1.29, 1.82) is 0 Å². The molecule has 1 unspecified atom stereocenters. The third-order valence-electron chi connectivity index (χ3n) is 5.18. The van der Waals surface area contributed by atoms with Gasteiger partial charge in [0.25, 0.3) is 0 Å². The van der Waals surface area contributed by atoms with Crippen molar-refractivity contribution in [3.05, 3.63) is 0 Å². The molecule has 0 amide bonds. The topological polar surface area (TPSA) is 38.5 Å². The molecule has 1 aliphatic heterocycles. The summed E-state index contributed by atoms with van der Waals surface area (Å²) in [7, 11) is 2.28. The van der Waals surface area contributed by atoms with E-state index in [0.717, 1.165) is 32.2 Å². The molecule has 2 aliphatic rings. The van der Waals surface area contributed by atoms with Gasteiger partial charge >= 0.3 is 0 Å². The third-order valence-corrected chi connectivity index (χ3v) is 5.18. The highest BCUT2D eigenvalue weighted by atomic mass is 16.5. The van der Waals surface area contributed by atoms with Crippen LogP contribution in [0.15, 0.2) is 0 Å². The Morgan fingerprint density at radius 3 is 2.56 bits per heavy atom. The zero-order valence-electron chi connectivity index (χ0n) is 12.2. The fraction of sp³-hybridized carbons (Fsp3) is 1.00. The van der Waals surface area contributed by atoms with Crippen molar-refractivity contribution in [2.24, 2.45) is 17.6 Å². The third kappa shape index (κ3) is 3.25. The molecular formula is C15H30N2O. The van der Waals surface area contributed by atoms with Gasteiger partial charge in [-0.3, -0.25) is 4.90 Å². The first-order valence-electron chi connectivity index (χ1n) is 7.65. The van der Waals surface area contributed by atoms with E-state index < -0.39 is 0 Å². The number of hydrogen-bond donors (Lipinski definition) is 1. The Kier molecular flexibility index (Phi) is 5.05.